The lowest BCUT2D eigenvalue weighted by molar-refractivity contribution is 0.102. The molecule has 20 heavy (non-hydrogen) atoms. The van der Waals surface area contributed by atoms with Gasteiger partial charge in [0.2, 0.25) is 0 Å². The second-order valence-electron chi connectivity index (χ2n) is 4.19. The van der Waals surface area contributed by atoms with Gasteiger partial charge in [0.25, 0.3) is 5.91 Å². The topological polar surface area (TPSA) is 71.2 Å². The lowest BCUT2D eigenvalue weighted by Crippen LogP contribution is -2.21. The molecule has 5 nitrogen and oxygen atoms in total. The van der Waals surface area contributed by atoms with Crippen molar-refractivity contribution in [2.75, 3.05) is 12.4 Å². The molecule has 0 spiro atoms. The summed E-state index contributed by atoms with van der Waals surface area (Å²) in [4.78, 5) is 26.7. The number of aromatic nitrogens is 1. The predicted octanol–water partition coefficient (Wildman–Crippen LogP) is 2.60. The van der Waals surface area contributed by atoms with E-state index in [-0.39, 0.29) is 11.0 Å². The van der Waals surface area contributed by atoms with Crippen LogP contribution in [0.1, 0.15) is 16.1 Å². The number of aryl methyl sites for hydroxylation is 1. The summed E-state index contributed by atoms with van der Waals surface area (Å²) >= 11 is 5.88. The van der Waals surface area contributed by atoms with E-state index in [1.807, 2.05) is 0 Å². The highest BCUT2D eigenvalue weighted by molar-refractivity contribution is 6.31. The zero-order valence-corrected chi connectivity index (χ0v) is 11.7. The first-order valence-corrected chi connectivity index (χ1v) is 6.23. The van der Waals surface area contributed by atoms with Gasteiger partial charge in [0.15, 0.2) is 5.43 Å². The average Bonchev–Trinajstić information content (AvgIpc) is 2.38. The summed E-state index contributed by atoms with van der Waals surface area (Å²) in [5.41, 5.74) is 0.772. The molecule has 2 N–H and O–H groups in total. The summed E-state index contributed by atoms with van der Waals surface area (Å²) in [5, 5.41) is 3.07. The number of hydrogen-bond acceptors (Lipinski definition) is 3. The maximum absolute atomic E-state index is 12.1. The van der Waals surface area contributed by atoms with Crippen molar-refractivity contribution in [2.24, 2.45) is 0 Å². The molecule has 0 unspecified atom stereocenters. The van der Waals surface area contributed by atoms with Crippen LogP contribution in [0, 0.1) is 6.92 Å². The second-order valence-corrected chi connectivity index (χ2v) is 4.63. The van der Waals surface area contributed by atoms with E-state index in [0.29, 0.717) is 22.2 Å². The van der Waals surface area contributed by atoms with Crippen LogP contribution in [0.5, 0.6) is 5.75 Å². The van der Waals surface area contributed by atoms with Crippen LogP contribution in [-0.4, -0.2) is 18.0 Å². The SMILES string of the molecule is COc1ccc(Cl)cc1NC(=O)c1c[nH]c(C)cc1=O. The lowest BCUT2D eigenvalue weighted by atomic mass is 10.2. The van der Waals surface area contributed by atoms with Gasteiger partial charge in [-0.15, -0.1) is 0 Å². The number of carbonyl (C=O) groups excluding carboxylic acids is 1. The molecule has 2 rings (SSSR count). The largest absolute Gasteiger partial charge is 0.495 e. The van der Waals surface area contributed by atoms with E-state index < -0.39 is 5.91 Å². The van der Waals surface area contributed by atoms with Crippen molar-refractivity contribution in [1.29, 1.82) is 0 Å². The number of hydrogen-bond donors (Lipinski definition) is 2. The molecule has 0 saturated carbocycles. The van der Waals surface area contributed by atoms with Crippen molar-refractivity contribution in [3.8, 4) is 5.75 Å². The molecular formula is C14H13ClN2O3. The molecule has 0 aliphatic rings. The van der Waals surface area contributed by atoms with E-state index in [2.05, 4.69) is 10.3 Å². The van der Waals surface area contributed by atoms with Gasteiger partial charge in [0.1, 0.15) is 11.3 Å². The number of benzene rings is 1. The molecule has 1 amide bonds. The van der Waals surface area contributed by atoms with E-state index in [1.54, 1.807) is 25.1 Å². The number of pyridine rings is 1. The van der Waals surface area contributed by atoms with Gasteiger partial charge in [-0.25, -0.2) is 0 Å². The fourth-order valence-corrected chi connectivity index (χ4v) is 1.89. The number of anilines is 1. The van der Waals surface area contributed by atoms with Gasteiger partial charge in [-0.3, -0.25) is 9.59 Å². The average molecular weight is 293 g/mol. The molecule has 1 heterocycles. The first-order chi connectivity index (χ1) is 9.51. The van der Waals surface area contributed by atoms with Gasteiger partial charge in [0, 0.05) is 23.0 Å². The Bertz CT molecular complexity index is 710. The quantitative estimate of drug-likeness (QED) is 0.913. The highest BCUT2D eigenvalue weighted by Crippen LogP contribution is 2.27. The van der Waals surface area contributed by atoms with E-state index in [1.165, 1.54) is 19.4 Å². The third kappa shape index (κ3) is 3.00. The Morgan fingerprint density at radius 2 is 2.10 bits per heavy atom. The third-order valence-electron chi connectivity index (χ3n) is 2.71. The summed E-state index contributed by atoms with van der Waals surface area (Å²) in [6.07, 6.45) is 1.38. The number of carbonyl (C=O) groups is 1. The van der Waals surface area contributed by atoms with Crippen LogP contribution in [0.3, 0.4) is 0 Å². The third-order valence-corrected chi connectivity index (χ3v) is 2.95. The van der Waals surface area contributed by atoms with Crippen LogP contribution < -0.4 is 15.5 Å². The fraction of sp³-hybridized carbons (Fsp3) is 0.143. The minimum Gasteiger partial charge on any atom is -0.495 e. The van der Waals surface area contributed by atoms with Crippen LogP contribution >= 0.6 is 11.6 Å². The summed E-state index contributed by atoms with van der Waals surface area (Å²) in [7, 11) is 1.48. The minimum absolute atomic E-state index is 0.0256. The van der Waals surface area contributed by atoms with Crippen molar-refractivity contribution in [1.82, 2.24) is 4.98 Å². The van der Waals surface area contributed by atoms with E-state index >= 15 is 0 Å². The molecule has 104 valence electrons. The Morgan fingerprint density at radius 3 is 2.75 bits per heavy atom. The Balaban J connectivity index is 2.32. The van der Waals surface area contributed by atoms with Crippen molar-refractivity contribution in [3.05, 3.63) is 57.0 Å². The maximum atomic E-state index is 12.1. The van der Waals surface area contributed by atoms with Crippen LogP contribution in [0.15, 0.2) is 35.3 Å². The Labute approximate surface area is 120 Å². The summed E-state index contributed by atoms with van der Waals surface area (Å²) in [5.74, 6) is -0.0573. The number of H-pyrrole nitrogens is 1. The van der Waals surface area contributed by atoms with Gasteiger partial charge < -0.3 is 15.0 Å². The molecule has 1 aromatic heterocycles. The molecule has 0 radical (unpaired) electrons. The number of rotatable bonds is 3. The van der Waals surface area contributed by atoms with Crippen LogP contribution in [-0.2, 0) is 0 Å². The smallest absolute Gasteiger partial charge is 0.261 e. The molecule has 0 aliphatic heterocycles. The van der Waals surface area contributed by atoms with Gasteiger partial charge in [-0.2, -0.15) is 0 Å². The Kier molecular flexibility index (Phi) is 4.10. The monoisotopic (exact) mass is 292 g/mol. The Morgan fingerprint density at radius 1 is 1.35 bits per heavy atom. The second kappa shape index (κ2) is 5.79. The molecule has 1 aromatic carbocycles. The molecule has 0 saturated heterocycles. The molecule has 6 heteroatoms. The van der Waals surface area contributed by atoms with Crippen molar-refractivity contribution in [2.45, 2.75) is 6.92 Å². The van der Waals surface area contributed by atoms with Crippen LogP contribution in [0.2, 0.25) is 5.02 Å². The number of nitrogens with one attached hydrogen (secondary N) is 2. The van der Waals surface area contributed by atoms with E-state index in [0.717, 1.165) is 0 Å². The zero-order valence-electron chi connectivity index (χ0n) is 11.0. The first kappa shape index (κ1) is 14.1. The molecule has 0 bridgehead atoms. The minimum atomic E-state index is -0.521. The summed E-state index contributed by atoms with van der Waals surface area (Å²) < 4.78 is 5.13. The molecule has 2 aromatic rings. The standard InChI is InChI=1S/C14H13ClN2O3/c1-8-5-12(18)10(7-16-8)14(19)17-11-6-9(15)3-4-13(11)20-2/h3-7H,1-2H3,(H,16,18)(H,17,19). The van der Waals surface area contributed by atoms with Gasteiger partial charge in [0.05, 0.1) is 12.8 Å². The molecule has 0 fully saturated rings. The maximum Gasteiger partial charge on any atom is 0.261 e. The zero-order chi connectivity index (χ0) is 14.7. The summed E-state index contributed by atoms with van der Waals surface area (Å²) in [6.45, 7) is 1.74. The fourth-order valence-electron chi connectivity index (χ4n) is 1.72. The van der Waals surface area contributed by atoms with Crippen LogP contribution in [0.25, 0.3) is 0 Å². The number of methoxy groups -OCH3 is 1. The molecule has 0 aliphatic carbocycles. The Hall–Kier alpha value is -2.27. The van der Waals surface area contributed by atoms with Crippen LogP contribution in [0.4, 0.5) is 5.69 Å². The number of aromatic amines is 1. The van der Waals surface area contributed by atoms with Gasteiger partial charge >= 0.3 is 0 Å². The van der Waals surface area contributed by atoms with Crippen molar-refractivity contribution in [3.63, 3.8) is 0 Å². The van der Waals surface area contributed by atoms with Crippen molar-refractivity contribution < 1.29 is 9.53 Å². The molecular weight excluding hydrogens is 280 g/mol. The number of amides is 1. The van der Waals surface area contributed by atoms with Gasteiger partial charge in [-0.1, -0.05) is 11.6 Å². The normalized spacial score (nSPS) is 10.2. The highest BCUT2D eigenvalue weighted by Gasteiger charge is 2.13. The highest BCUT2D eigenvalue weighted by atomic mass is 35.5. The predicted molar refractivity (Wildman–Crippen MR) is 77.8 cm³/mol. The number of ether oxygens (including phenoxy) is 1. The summed E-state index contributed by atoms with van der Waals surface area (Å²) in [6, 6.07) is 6.21. The van der Waals surface area contributed by atoms with E-state index in [9.17, 15) is 9.59 Å². The van der Waals surface area contributed by atoms with E-state index in [4.69, 9.17) is 16.3 Å². The first-order valence-electron chi connectivity index (χ1n) is 5.85. The molecule has 0 atom stereocenters. The number of halogens is 1. The van der Waals surface area contributed by atoms with Crippen molar-refractivity contribution >= 4 is 23.2 Å². The lowest BCUT2D eigenvalue weighted by Gasteiger charge is -2.10. The van der Waals surface area contributed by atoms with Gasteiger partial charge in [-0.05, 0) is 25.1 Å².